The van der Waals surface area contributed by atoms with Gasteiger partial charge in [-0.3, -0.25) is 10.1 Å². The Labute approximate surface area is 160 Å². The Morgan fingerprint density at radius 1 is 1.22 bits per heavy atom. The van der Waals surface area contributed by atoms with Gasteiger partial charge in [0.15, 0.2) is 5.76 Å². The number of ether oxygens (including phenoxy) is 1. The van der Waals surface area contributed by atoms with Crippen LogP contribution in [-0.4, -0.2) is 22.2 Å². The van der Waals surface area contributed by atoms with Gasteiger partial charge in [-0.1, -0.05) is 23.9 Å². The molecule has 0 spiro atoms. The van der Waals surface area contributed by atoms with E-state index in [1.165, 1.54) is 17.8 Å². The average molecular weight is 389 g/mol. The maximum atomic E-state index is 10.9. The smallest absolute Gasteiger partial charge is 0.284 e. The van der Waals surface area contributed by atoms with Gasteiger partial charge in [0.1, 0.15) is 11.9 Å². The van der Waals surface area contributed by atoms with E-state index in [2.05, 4.69) is 10.2 Å². The monoisotopic (exact) mass is 389 g/mol. The minimum absolute atomic E-state index is 0.0529. The number of nitro benzene ring substituents is 1. The van der Waals surface area contributed by atoms with Crippen molar-refractivity contribution in [3.05, 3.63) is 57.3 Å². The van der Waals surface area contributed by atoms with Gasteiger partial charge in [0.25, 0.3) is 16.8 Å². The second kappa shape index (κ2) is 7.93. The van der Waals surface area contributed by atoms with Crippen molar-refractivity contribution >= 4 is 17.4 Å². The predicted molar refractivity (Wildman–Crippen MR) is 99.5 cm³/mol. The zero-order valence-electron chi connectivity index (χ0n) is 15.3. The summed E-state index contributed by atoms with van der Waals surface area (Å²) in [6, 6.07) is 8.38. The number of nitro groups is 1. The number of methoxy groups -OCH3 is 1. The maximum Gasteiger partial charge on any atom is 0.284 e. The van der Waals surface area contributed by atoms with Crippen molar-refractivity contribution in [3.8, 4) is 11.7 Å². The zero-order valence-corrected chi connectivity index (χ0v) is 16.1. The van der Waals surface area contributed by atoms with E-state index in [9.17, 15) is 10.1 Å². The lowest BCUT2D eigenvalue weighted by Gasteiger charge is -2.08. The molecule has 0 bridgehead atoms. The number of furan rings is 1. The molecule has 0 radical (unpaired) electrons. The van der Waals surface area contributed by atoms with Crippen LogP contribution in [0.2, 0.25) is 0 Å². The van der Waals surface area contributed by atoms with Crippen LogP contribution >= 0.6 is 11.8 Å². The van der Waals surface area contributed by atoms with E-state index in [4.69, 9.17) is 13.6 Å². The predicted octanol–water partition coefficient (Wildman–Crippen LogP) is 5.11. The first-order valence-corrected chi connectivity index (χ1v) is 9.15. The molecule has 0 aliphatic rings. The molecule has 1 aromatic carbocycles. The van der Waals surface area contributed by atoms with Crippen LogP contribution in [-0.2, 0) is 4.74 Å². The van der Waals surface area contributed by atoms with Gasteiger partial charge in [0.2, 0.25) is 0 Å². The van der Waals surface area contributed by atoms with Crippen LogP contribution < -0.4 is 0 Å². The van der Waals surface area contributed by atoms with Gasteiger partial charge in [0, 0.05) is 30.1 Å². The fraction of sp³-hybridized carbons (Fsp3) is 0.333. The molecule has 2 aromatic heterocycles. The number of non-ortho nitro benzene ring substituents is 1. The van der Waals surface area contributed by atoms with E-state index in [0.29, 0.717) is 16.7 Å². The highest BCUT2D eigenvalue weighted by atomic mass is 32.2. The number of aryl methyl sites for hydroxylation is 1. The molecule has 9 heteroatoms. The first-order chi connectivity index (χ1) is 12.9. The molecule has 0 fully saturated rings. The van der Waals surface area contributed by atoms with Crippen molar-refractivity contribution in [2.45, 2.75) is 37.3 Å². The van der Waals surface area contributed by atoms with Crippen LogP contribution in [0.4, 0.5) is 5.69 Å². The van der Waals surface area contributed by atoms with Gasteiger partial charge in [-0.15, -0.1) is 10.2 Å². The topological polar surface area (TPSA) is 104 Å². The summed E-state index contributed by atoms with van der Waals surface area (Å²) in [6.07, 6.45) is -0.178. The summed E-state index contributed by atoms with van der Waals surface area (Å²) < 4.78 is 16.8. The first-order valence-electron chi connectivity index (χ1n) is 8.27. The van der Waals surface area contributed by atoms with E-state index in [0.717, 1.165) is 11.1 Å². The molecule has 8 nitrogen and oxygen atoms in total. The highest BCUT2D eigenvalue weighted by Crippen LogP contribution is 2.37. The standard InChI is InChI=1S/C18H19N3O5S/c1-10-8-15(11(2)24-4)25-16(10)17-19-20-18(26-17)27-12(3)13-6-5-7-14(9-13)21(22)23/h5-9,11-12H,1-4H3. The summed E-state index contributed by atoms with van der Waals surface area (Å²) in [5.41, 5.74) is 1.73. The third-order valence-corrected chi connectivity index (χ3v) is 5.11. The van der Waals surface area contributed by atoms with Crippen molar-refractivity contribution in [2.75, 3.05) is 7.11 Å². The van der Waals surface area contributed by atoms with Crippen LogP contribution in [0.15, 0.2) is 44.4 Å². The number of nitrogens with zero attached hydrogens (tertiary/aromatic N) is 3. The molecule has 27 heavy (non-hydrogen) atoms. The van der Waals surface area contributed by atoms with Gasteiger partial charge in [0.05, 0.1) is 4.92 Å². The van der Waals surface area contributed by atoms with Crippen LogP contribution in [0.1, 0.15) is 42.1 Å². The lowest BCUT2D eigenvalue weighted by molar-refractivity contribution is -0.384. The van der Waals surface area contributed by atoms with Crippen molar-refractivity contribution in [1.82, 2.24) is 10.2 Å². The quantitative estimate of drug-likeness (QED) is 0.312. The molecule has 0 amide bonds. The highest BCUT2D eigenvalue weighted by molar-refractivity contribution is 7.99. The molecule has 0 saturated carbocycles. The van der Waals surface area contributed by atoms with Gasteiger partial charge >= 0.3 is 0 Å². The molecule has 0 aliphatic heterocycles. The molecule has 2 unspecified atom stereocenters. The van der Waals surface area contributed by atoms with Crippen LogP contribution in [0.3, 0.4) is 0 Å². The van der Waals surface area contributed by atoms with Gasteiger partial charge in [-0.05, 0) is 32.4 Å². The number of thioether (sulfide) groups is 1. The molecule has 3 aromatic rings. The third kappa shape index (κ3) is 4.20. The number of aromatic nitrogens is 2. The first kappa shape index (κ1) is 19.1. The number of benzene rings is 1. The van der Waals surface area contributed by atoms with E-state index in [1.54, 1.807) is 19.2 Å². The second-order valence-electron chi connectivity index (χ2n) is 6.02. The molecule has 0 saturated heterocycles. The minimum atomic E-state index is -0.413. The molecule has 2 heterocycles. The molecule has 3 rings (SSSR count). The van der Waals surface area contributed by atoms with Gasteiger partial charge < -0.3 is 13.6 Å². The number of rotatable bonds is 7. The Kier molecular flexibility index (Phi) is 5.62. The summed E-state index contributed by atoms with van der Waals surface area (Å²) in [5, 5.41) is 19.3. The summed E-state index contributed by atoms with van der Waals surface area (Å²) >= 11 is 1.33. The third-order valence-electron chi connectivity index (χ3n) is 4.12. The Bertz CT molecular complexity index is 952. The normalized spacial score (nSPS) is 13.5. The molecular formula is C18H19N3O5S. The Hall–Kier alpha value is -2.65. The van der Waals surface area contributed by atoms with Crippen molar-refractivity contribution in [3.63, 3.8) is 0 Å². The minimum Gasteiger partial charge on any atom is -0.453 e. The fourth-order valence-corrected chi connectivity index (χ4v) is 3.30. The van der Waals surface area contributed by atoms with Crippen molar-refractivity contribution < 1.29 is 18.5 Å². The van der Waals surface area contributed by atoms with Gasteiger partial charge in [-0.25, -0.2) is 0 Å². The largest absolute Gasteiger partial charge is 0.453 e. The Balaban J connectivity index is 1.77. The summed E-state index contributed by atoms with van der Waals surface area (Å²) in [6.45, 7) is 5.70. The fourth-order valence-electron chi connectivity index (χ4n) is 2.50. The van der Waals surface area contributed by atoms with E-state index >= 15 is 0 Å². The van der Waals surface area contributed by atoms with Crippen LogP contribution in [0.25, 0.3) is 11.7 Å². The lowest BCUT2D eigenvalue weighted by Crippen LogP contribution is -1.92. The van der Waals surface area contributed by atoms with E-state index in [1.807, 2.05) is 32.9 Å². The molecule has 0 aliphatic carbocycles. The van der Waals surface area contributed by atoms with E-state index < -0.39 is 4.92 Å². The highest BCUT2D eigenvalue weighted by Gasteiger charge is 2.21. The Morgan fingerprint density at radius 2 is 2.00 bits per heavy atom. The summed E-state index contributed by atoms with van der Waals surface area (Å²) in [7, 11) is 1.61. The summed E-state index contributed by atoms with van der Waals surface area (Å²) in [5.74, 6) is 1.48. The average Bonchev–Trinajstić information content (AvgIpc) is 3.27. The molecular weight excluding hydrogens is 370 g/mol. The SMILES string of the molecule is COC(C)c1cc(C)c(-c2nnc(SC(C)c3cccc([N+](=O)[O-])c3)o2)o1. The summed E-state index contributed by atoms with van der Waals surface area (Å²) in [4.78, 5) is 10.5. The van der Waals surface area contributed by atoms with Crippen molar-refractivity contribution in [1.29, 1.82) is 0 Å². The number of hydrogen-bond acceptors (Lipinski definition) is 8. The van der Waals surface area contributed by atoms with E-state index in [-0.39, 0.29) is 22.9 Å². The van der Waals surface area contributed by atoms with Crippen molar-refractivity contribution in [2.24, 2.45) is 0 Å². The Morgan fingerprint density at radius 3 is 2.70 bits per heavy atom. The molecule has 0 N–H and O–H groups in total. The second-order valence-corrected chi connectivity index (χ2v) is 7.32. The lowest BCUT2D eigenvalue weighted by atomic mass is 10.1. The van der Waals surface area contributed by atoms with Crippen LogP contribution in [0.5, 0.6) is 0 Å². The van der Waals surface area contributed by atoms with Gasteiger partial charge in [-0.2, -0.15) is 0 Å². The zero-order chi connectivity index (χ0) is 19.6. The van der Waals surface area contributed by atoms with Crippen LogP contribution in [0, 0.1) is 17.0 Å². The molecule has 142 valence electrons. The number of hydrogen-bond donors (Lipinski definition) is 0. The molecule has 2 atom stereocenters. The maximum absolute atomic E-state index is 10.9.